The van der Waals surface area contributed by atoms with Crippen LogP contribution in [0.3, 0.4) is 0 Å². The minimum atomic E-state index is -0.222. The van der Waals surface area contributed by atoms with Gasteiger partial charge in [0.1, 0.15) is 0 Å². The van der Waals surface area contributed by atoms with Crippen molar-refractivity contribution in [2.45, 2.75) is 71.1 Å². The van der Waals surface area contributed by atoms with Gasteiger partial charge in [-0.25, -0.2) is 0 Å². The molecule has 1 fully saturated rings. The van der Waals surface area contributed by atoms with E-state index in [9.17, 15) is 9.59 Å². The highest BCUT2D eigenvalue weighted by Crippen LogP contribution is 2.23. The Morgan fingerprint density at radius 3 is 2.36 bits per heavy atom. The summed E-state index contributed by atoms with van der Waals surface area (Å²) in [4.78, 5) is 23.1. The highest BCUT2D eigenvalue weighted by molar-refractivity contribution is 5.72. The SMILES string of the molecule is C/C=C/CCCOC(=O)CCCC(=O)OCC1CCCCC1. The van der Waals surface area contributed by atoms with E-state index in [1.165, 1.54) is 32.1 Å². The van der Waals surface area contributed by atoms with Crippen molar-refractivity contribution in [1.82, 2.24) is 0 Å². The van der Waals surface area contributed by atoms with E-state index in [1.807, 2.05) is 13.0 Å². The normalized spacial score (nSPS) is 15.9. The molecular weight excluding hydrogens is 280 g/mol. The van der Waals surface area contributed by atoms with E-state index >= 15 is 0 Å². The number of hydrogen-bond acceptors (Lipinski definition) is 4. The number of carbonyl (C=O) groups excluding carboxylic acids is 2. The van der Waals surface area contributed by atoms with Gasteiger partial charge in [0, 0.05) is 12.8 Å². The maximum absolute atomic E-state index is 11.6. The van der Waals surface area contributed by atoms with Gasteiger partial charge in [-0.2, -0.15) is 0 Å². The van der Waals surface area contributed by atoms with Crippen LogP contribution in [0.1, 0.15) is 71.1 Å². The number of allylic oxidation sites excluding steroid dienone is 2. The number of carbonyl (C=O) groups is 2. The lowest BCUT2D eigenvalue weighted by atomic mass is 9.90. The molecule has 1 saturated carbocycles. The molecule has 0 N–H and O–H groups in total. The van der Waals surface area contributed by atoms with Gasteiger partial charge >= 0.3 is 11.9 Å². The van der Waals surface area contributed by atoms with Crippen molar-refractivity contribution in [2.24, 2.45) is 5.92 Å². The van der Waals surface area contributed by atoms with Gasteiger partial charge in [-0.15, -0.1) is 0 Å². The standard InChI is InChI=1S/C18H30O4/c1-2-3-4-8-14-21-17(19)12-9-13-18(20)22-15-16-10-6-5-7-11-16/h2-3,16H,4-15H2,1H3/b3-2+. The molecule has 1 aliphatic rings. The summed E-state index contributed by atoms with van der Waals surface area (Å²) in [7, 11) is 0. The largest absolute Gasteiger partial charge is 0.466 e. The molecule has 0 amide bonds. The average molecular weight is 310 g/mol. The van der Waals surface area contributed by atoms with Crippen molar-refractivity contribution >= 4 is 11.9 Å². The molecule has 1 aliphatic carbocycles. The van der Waals surface area contributed by atoms with Gasteiger partial charge in [-0.1, -0.05) is 31.4 Å². The molecule has 0 radical (unpaired) electrons. The van der Waals surface area contributed by atoms with E-state index < -0.39 is 0 Å². The van der Waals surface area contributed by atoms with E-state index in [2.05, 4.69) is 6.08 Å². The summed E-state index contributed by atoms with van der Waals surface area (Å²) in [5.41, 5.74) is 0. The topological polar surface area (TPSA) is 52.6 Å². The molecule has 0 aromatic carbocycles. The molecule has 0 heterocycles. The first kappa shape index (κ1) is 18.7. The summed E-state index contributed by atoms with van der Waals surface area (Å²) in [6.07, 6.45) is 13.1. The van der Waals surface area contributed by atoms with E-state index in [-0.39, 0.29) is 11.9 Å². The maximum atomic E-state index is 11.6. The fourth-order valence-corrected chi connectivity index (χ4v) is 2.64. The molecule has 0 unspecified atom stereocenters. The van der Waals surface area contributed by atoms with Crippen LogP contribution in [0, 0.1) is 5.92 Å². The first-order valence-corrected chi connectivity index (χ1v) is 8.64. The van der Waals surface area contributed by atoms with Crippen LogP contribution < -0.4 is 0 Å². The van der Waals surface area contributed by atoms with Crippen LogP contribution in [0.15, 0.2) is 12.2 Å². The summed E-state index contributed by atoms with van der Waals surface area (Å²) >= 11 is 0. The maximum Gasteiger partial charge on any atom is 0.305 e. The molecule has 4 heteroatoms. The lowest BCUT2D eigenvalue weighted by Gasteiger charge is -2.20. The van der Waals surface area contributed by atoms with Crippen molar-refractivity contribution in [2.75, 3.05) is 13.2 Å². The van der Waals surface area contributed by atoms with Crippen LogP contribution in [0.5, 0.6) is 0 Å². The molecule has 0 atom stereocenters. The Bertz CT molecular complexity index is 343. The first-order valence-electron chi connectivity index (χ1n) is 8.64. The Kier molecular flexibility index (Phi) is 10.4. The van der Waals surface area contributed by atoms with Gasteiger partial charge < -0.3 is 9.47 Å². The Morgan fingerprint density at radius 1 is 1.00 bits per heavy atom. The highest BCUT2D eigenvalue weighted by Gasteiger charge is 2.15. The van der Waals surface area contributed by atoms with Crippen LogP contribution in [0.25, 0.3) is 0 Å². The van der Waals surface area contributed by atoms with Gasteiger partial charge in [0.05, 0.1) is 13.2 Å². The van der Waals surface area contributed by atoms with Crippen molar-refractivity contribution in [3.63, 3.8) is 0 Å². The molecule has 1 rings (SSSR count). The fourth-order valence-electron chi connectivity index (χ4n) is 2.64. The van der Waals surface area contributed by atoms with Crippen LogP contribution >= 0.6 is 0 Å². The summed E-state index contributed by atoms with van der Waals surface area (Å²) in [5, 5.41) is 0. The average Bonchev–Trinajstić information content (AvgIpc) is 2.54. The predicted octanol–water partition coefficient (Wildman–Crippen LogP) is 4.18. The molecule has 4 nitrogen and oxygen atoms in total. The van der Waals surface area contributed by atoms with Gasteiger partial charge in [-0.05, 0) is 44.9 Å². The van der Waals surface area contributed by atoms with Crippen LogP contribution in [0.2, 0.25) is 0 Å². The molecule has 0 aromatic rings. The summed E-state index contributed by atoms with van der Waals surface area (Å²) < 4.78 is 10.4. The number of unbranched alkanes of at least 4 members (excludes halogenated alkanes) is 1. The molecule has 126 valence electrons. The third kappa shape index (κ3) is 9.59. The van der Waals surface area contributed by atoms with E-state index in [4.69, 9.17) is 9.47 Å². The summed E-state index contributed by atoms with van der Waals surface area (Å²) in [6, 6.07) is 0. The lowest BCUT2D eigenvalue weighted by molar-refractivity contribution is -0.146. The van der Waals surface area contributed by atoms with E-state index in [1.54, 1.807) is 0 Å². The Balaban J connectivity index is 1.95. The Labute approximate surface area is 134 Å². The van der Waals surface area contributed by atoms with Crippen molar-refractivity contribution < 1.29 is 19.1 Å². The van der Waals surface area contributed by atoms with Crippen molar-refractivity contribution in [3.05, 3.63) is 12.2 Å². The molecule has 0 spiro atoms. The van der Waals surface area contributed by atoms with Gasteiger partial charge in [0.25, 0.3) is 0 Å². The molecule has 0 aromatic heterocycles. The van der Waals surface area contributed by atoms with Crippen LogP contribution in [-0.4, -0.2) is 25.2 Å². The minimum absolute atomic E-state index is 0.188. The zero-order valence-electron chi connectivity index (χ0n) is 13.9. The first-order chi connectivity index (χ1) is 10.7. The third-order valence-electron chi connectivity index (χ3n) is 3.98. The molecule has 22 heavy (non-hydrogen) atoms. The smallest absolute Gasteiger partial charge is 0.305 e. The monoisotopic (exact) mass is 310 g/mol. The predicted molar refractivity (Wildman–Crippen MR) is 86.4 cm³/mol. The second kappa shape index (κ2) is 12.2. The minimum Gasteiger partial charge on any atom is -0.466 e. The fraction of sp³-hybridized carbons (Fsp3) is 0.778. The zero-order valence-corrected chi connectivity index (χ0v) is 13.9. The lowest BCUT2D eigenvalue weighted by Crippen LogP contribution is -2.17. The summed E-state index contributed by atoms with van der Waals surface area (Å²) in [5.74, 6) is 0.131. The molecular formula is C18H30O4. The van der Waals surface area contributed by atoms with Gasteiger partial charge in [0.15, 0.2) is 0 Å². The van der Waals surface area contributed by atoms with Crippen molar-refractivity contribution in [1.29, 1.82) is 0 Å². The number of ether oxygens (including phenoxy) is 2. The number of hydrogen-bond donors (Lipinski definition) is 0. The number of esters is 2. The Morgan fingerprint density at radius 2 is 1.68 bits per heavy atom. The van der Waals surface area contributed by atoms with Crippen LogP contribution in [-0.2, 0) is 19.1 Å². The molecule has 0 aliphatic heterocycles. The van der Waals surface area contributed by atoms with Gasteiger partial charge in [0.2, 0.25) is 0 Å². The Hall–Kier alpha value is -1.32. The zero-order chi connectivity index (χ0) is 16.0. The molecule has 0 saturated heterocycles. The number of rotatable bonds is 10. The summed E-state index contributed by atoms with van der Waals surface area (Å²) in [6.45, 7) is 2.98. The highest BCUT2D eigenvalue weighted by atomic mass is 16.5. The van der Waals surface area contributed by atoms with Gasteiger partial charge in [-0.3, -0.25) is 9.59 Å². The second-order valence-electron chi connectivity index (χ2n) is 5.97. The second-order valence-corrected chi connectivity index (χ2v) is 5.97. The van der Waals surface area contributed by atoms with Crippen molar-refractivity contribution in [3.8, 4) is 0 Å². The van der Waals surface area contributed by atoms with E-state index in [0.29, 0.717) is 38.4 Å². The molecule has 0 bridgehead atoms. The van der Waals surface area contributed by atoms with E-state index in [0.717, 1.165) is 12.8 Å². The third-order valence-corrected chi connectivity index (χ3v) is 3.98. The van der Waals surface area contributed by atoms with Crippen LogP contribution in [0.4, 0.5) is 0 Å². The quantitative estimate of drug-likeness (QED) is 0.345.